The molecule has 10 heteroatoms. The third kappa shape index (κ3) is 6.38. The van der Waals surface area contributed by atoms with E-state index in [1.54, 1.807) is 4.90 Å². The SMILES string of the molecule is O=C(NCCCN1CCCC1=O)[C@H](C1CCCC1)N1CCN(C(=O)c2ccc(C(F)(F)F)cc2)CC1. The fourth-order valence-electron chi connectivity index (χ4n) is 5.67. The smallest absolute Gasteiger partial charge is 0.355 e. The van der Waals surface area contributed by atoms with Gasteiger partial charge in [0.05, 0.1) is 11.6 Å². The second kappa shape index (κ2) is 11.6. The largest absolute Gasteiger partial charge is 0.416 e. The zero-order valence-corrected chi connectivity index (χ0v) is 20.6. The van der Waals surface area contributed by atoms with Gasteiger partial charge in [-0.05, 0) is 55.9 Å². The van der Waals surface area contributed by atoms with Crippen LogP contribution in [0.2, 0.25) is 0 Å². The van der Waals surface area contributed by atoms with Crippen molar-refractivity contribution in [3.8, 4) is 0 Å². The summed E-state index contributed by atoms with van der Waals surface area (Å²) in [6.45, 7) is 3.93. The molecule has 0 bridgehead atoms. The predicted octanol–water partition coefficient (Wildman–Crippen LogP) is 3.15. The Morgan fingerprint density at radius 3 is 2.22 bits per heavy atom. The topological polar surface area (TPSA) is 73.0 Å². The molecule has 0 unspecified atom stereocenters. The first-order chi connectivity index (χ1) is 17.2. The van der Waals surface area contributed by atoms with Crippen LogP contribution in [0.4, 0.5) is 13.2 Å². The molecule has 1 saturated carbocycles. The molecule has 1 aliphatic carbocycles. The molecule has 36 heavy (non-hydrogen) atoms. The van der Waals surface area contributed by atoms with E-state index >= 15 is 0 Å². The third-order valence-electron chi connectivity index (χ3n) is 7.64. The number of hydrogen-bond donors (Lipinski definition) is 1. The second-order valence-corrected chi connectivity index (χ2v) is 10.0. The summed E-state index contributed by atoms with van der Waals surface area (Å²) in [7, 11) is 0. The number of likely N-dealkylation sites (tertiary alicyclic amines) is 1. The number of hydrogen-bond acceptors (Lipinski definition) is 4. The van der Waals surface area contributed by atoms with Crippen LogP contribution in [0.3, 0.4) is 0 Å². The molecule has 1 aromatic carbocycles. The Balaban J connectivity index is 1.30. The predicted molar refractivity (Wildman–Crippen MR) is 128 cm³/mol. The highest BCUT2D eigenvalue weighted by Gasteiger charge is 2.37. The lowest BCUT2D eigenvalue weighted by Gasteiger charge is -2.40. The van der Waals surface area contributed by atoms with Crippen molar-refractivity contribution < 1.29 is 27.6 Å². The molecule has 0 spiro atoms. The van der Waals surface area contributed by atoms with E-state index in [0.717, 1.165) is 57.2 Å². The van der Waals surface area contributed by atoms with Crippen LogP contribution in [0.1, 0.15) is 60.9 Å². The Labute approximate surface area is 210 Å². The molecule has 198 valence electrons. The van der Waals surface area contributed by atoms with E-state index in [2.05, 4.69) is 10.2 Å². The molecule has 3 fully saturated rings. The fraction of sp³-hybridized carbons (Fsp3) is 0.654. The number of carbonyl (C=O) groups excluding carboxylic acids is 3. The Bertz CT molecular complexity index is 923. The zero-order chi connectivity index (χ0) is 25.7. The standard InChI is InChI=1S/C26H35F3N4O3/c27-26(28,29)21-10-8-20(9-11-21)25(36)33-17-15-32(16-18-33)23(19-5-1-2-6-19)24(35)30-12-4-14-31-13-3-7-22(31)34/h8-11,19,23H,1-7,12-18H2,(H,30,35)/t23-/m0/s1. The van der Waals surface area contributed by atoms with E-state index in [1.165, 1.54) is 12.1 Å². The van der Waals surface area contributed by atoms with Gasteiger partial charge in [-0.15, -0.1) is 0 Å². The molecule has 1 N–H and O–H groups in total. The van der Waals surface area contributed by atoms with Crippen molar-refractivity contribution in [3.05, 3.63) is 35.4 Å². The van der Waals surface area contributed by atoms with Gasteiger partial charge in [-0.1, -0.05) is 12.8 Å². The minimum Gasteiger partial charge on any atom is -0.355 e. The highest BCUT2D eigenvalue weighted by Crippen LogP contribution is 2.32. The highest BCUT2D eigenvalue weighted by molar-refractivity contribution is 5.94. The van der Waals surface area contributed by atoms with Gasteiger partial charge >= 0.3 is 6.18 Å². The molecule has 3 amide bonds. The van der Waals surface area contributed by atoms with Crippen molar-refractivity contribution in [3.63, 3.8) is 0 Å². The van der Waals surface area contributed by atoms with E-state index in [4.69, 9.17) is 0 Å². The summed E-state index contributed by atoms with van der Waals surface area (Å²) in [5.41, 5.74) is -0.542. The first kappa shape index (κ1) is 26.4. The van der Waals surface area contributed by atoms with Gasteiger partial charge in [-0.3, -0.25) is 19.3 Å². The van der Waals surface area contributed by atoms with Gasteiger partial charge in [-0.2, -0.15) is 13.2 Å². The lowest BCUT2D eigenvalue weighted by atomic mass is 9.95. The summed E-state index contributed by atoms with van der Waals surface area (Å²) in [6, 6.07) is 4.07. The minimum atomic E-state index is -4.44. The van der Waals surface area contributed by atoms with Crippen molar-refractivity contribution >= 4 is 17.7 Å². The van der Waals surface area contributed by atoms with Gasteiger partial charge in [-0.25, -0.2) is 0 Å². The Kier molecular flexibility index (Phi) is 8.54. The number of halogens is 3. The summed E-state index contributed by atoms with van der Waals surface area (Å²) in [5.74, 6) is 0.190. The summed E-state index contributed by atoms with van der Waals surface area (Å²) in [6.07, 6.45) is 2.04. The van der Waals surface area contributed by atoms with E-state index in [-0.39, 0.29) is 35.2 Å². The molecule has 0 radical (unpaired) electrons. The lowest BCUT2D eigenvalue weighted by molar-refractivity contribution is -0.137. The minimum absolute atomic E-state index is 0.0113. The van der Waals surface area contributed by atoms with Crippen molar-refractivity contribution in [2.45, 2.75) is 57.2 Å². The van der Waals surface area contributed by atoms with Crippen LogP contribution < -0.4 is 5.32 Å². The monoisotopic (exact) mass is 508 g/mol. The van der Waals surface area contributed by atoms with E-state index in [9.17, 15) is 27.6 Å². The maximum absolute atomic E-state index is 13.2. The van der Waals surface area contributed by atoms with E-state index < -0.39 is 11.7 Å². The van der Waals surface area contributed by atoms with Crippen molar-refractivity contribution in [2.24, 2.45) is 5.92 Å². The first-order valence-corrected chi connectivity index (χ1v) is 13.0. The summed E-state index contributed by atoms with van der Waals surface area (Å²) in [5, 5.41) is 3.08. The fourth-order valence-corrected chi connectivity index (χ4v) is 5.67. The van der Waals surface area contributed by atoms with E-state index in [0.29, 0.717) is 45.7 Å². The molecule has 2 saturated heterocycles. The average molecular weight is 509 g/mol. The molecule has 1 atom stereocenters. The van der Waals surface area contributed by atoms with Crippen molar-refractivity contribution in [1.29, 1.82) is 0 Å². The van der Waals surface area contributed by atoms with Crippen LogP contribution in [0, 0.1) is 5.92 Å². The third-order valence-corrected chi connectivity index (χ3v) is 7.64. The molecular formula is C26H35F3N4O3. The van der Waals surface area contributed by atoms with Crippen LogP contribution in [-0.4, -0.2) is 84.3 Å². The number of alkyl halides is 3. The number of nitrogens with one attached hydrogen (secondary N) is 1. The molecule has 2 aliphatic heterocycles. The molecule has 2 heterocycles. The number of amides is 3. The maximum Gasteiger partial charge on any atom is 0.416 e. The van der Waals surface area contributed by atoms with Gasteiger partial charge in [0, 0.05) is 57.8 Å². The summed E-state index contributed by atoms with van der Waals surface area (Å²) >= 11 is 0. The molecule has 3 aliphatic rings. The number of carbonyl (C=O) groups is 3. The summed E-state index contributed by atoms with van der Waals surface area (Å²) < 4.78 is 38.5. The van der Waals surface area contributed by atoms with Crippen LogP contribution in [0.15, 0.2) is 24.3 Å². The van der Waals surface area contributed by atoms with Gasteiger partial charge in [0.15, 0.2) is 0 Å². The highest BCUT2D eigenvalue weighted by atomic mass is 19.4. The molecule has 7 nitrogen and oxygen atoms in total. The molecule has 4 rings (SSSR count). The number of rotatable bonds is 8. The first-order valence-electron chi connectivity index (χ1n) is 13.0. The van der Waals surface area contributed by atoms with Gasteiger partial charge < -0.3 is 15.1 Å². The quantitative estimate of drug-likeness (QED) is 0.548. The lowest BCUT2D eigenvalue weighted by Crippen LogP contribution is -2.58. The molecule has 1 aromatic rings. The van der Waals surface area contributed by atoms with Gasteiger partial charge in [0.1, 0.15) is 0 Å². The number of benzene rings is 1. The maximum atomic E-state index is 13.2. The van der Waals surface area contributed by atoms with Crippen molar-refractivity contribution in [2.75, 3.05) is 45.8 Å². The van der Waals surface area contributed by atoms with Crippen molar-refractivity contribution in [1.82, 2.24) is 20.0 Å². The Morgan fingerprint density at radius 2 is 1.64 bits per heavy atom. The molecule has 0 aromatic heterocycles. The Hall–Kier alpha value is -2.62. The van der Waals surface area contributed by atoms with E-state index in [1.807, 2.05) is 4.90 Å². The van der Waals surface area contributed by atoms with Crippen LogP contribution in [-0.2, 0) is 15.8 Å². The van der Waals surface area contributed by atoms with Gasteiger partial charge in [0.2, 0.25) is 11.8 Å². The normalized spacial score (nSPS) is 20.7. The summed E-state index contributed by atoms with van der Waals surface area (Å²) in [4.78, 5) is 43.5. The van der Waals surface area contributed by atoms with Crippen LogP contribution >= 0.6 is 0 Å². The second-order valence-electron chi connectivity index (χ2n) is 10.0. The Morgan fingerprint density at radius 1 is 0.972 bits per heavy atom. The van der Waals surface area contributed by atoms with Crippen LogP contribution in [0.25, 0.3) is 0 Å². The zero-order valence-electron chi connectivity index (χ0n) is 20.6. The number of piperazine rings is 1. The van der Waals surface area contributed by atoms with Crippen LogP contribution in [0.5, 0.6) is 0 Å². The average Bonchev–Trinajstić information content (AvgIpc) is 3.54. The molecular weight excluding hydrogens is 473 g/mol. The number of nitrogens with zero attached hydrogens (tertiary/aromatic N) is 3. The van der Waals surface area contributed by atoms with Gasteiger partial charge in [0.25, 0.3) is 5.91 Å².